The molecule has 0 aliphatic carbocycles. The summed E-state index contributed by atoms with van der Waals surface area (Å²) in [5.74, 6) is -2.54. The van der Waals surface area contributed by atoms with Gasteiger partial charge in [-0.05, 0) is 31.7 Å². The summed E-state index contributed by atoms with van der Waals surface area (Å²) in [6, 6.07) is 7.24. The van der Waals surface area contributed by atoms with E-state index in [4.69, 9.17) is 11.5 Å². The van der Waals surface area contributed by atoms with E-state index in [0.29, 0.717) is 6.42 Å². The van der Waals surface area contributed by atoms with Gasteiger partial charge < -0.3 is 21.5 Å². The third-order valence-corrected chi connectivity index (χ3v) is 4.43. The molecule has 0 saturated carbocycles. The summed E-state index contributed by atoms with van der Waals surface area (Å²) < 4.78 is 0. The first kappa shape index (κ1) is 18.1. The van der Waals surface area contributed by atoms with E-state index in [-0.39, 0.29) is 19.4 Å². The molecule has 3 atom stereocenters. The number of nitrogens with two attached hydrogens (primary N) is 2. The van der Waals surface area contributed by atoms with E-state index in [2.05, 4.69) is 0 Å². The number of ketones is 1. The Morgan fingerprint density at radius 1 is 1.25 bits per heavy atom. The molecule has 0 bridgehead atoms. The summed E-state index contributed by atoms with van der Waals surface area (Å²) in [4.78, 5) is 38.2. The Morgan fingerprint density at radius 3 is 2.42 bits per heavy atom. The second-order valence-electron chi connectivity index (χ2n) is 6.21. The average Bonchev–Trinajstić information content (AvgIpc) is 3.00. The Kier molecular flexibility index (Phi) is 5.36. The van der Waals surface area contributed by atoms with Crippen molar-refractivity contribution in [3.63, 3.8) is 0 Å². The monoisotopic (exact) mass is 333 g/mol. The van der Waals surface area contributed by atoms with Crippen molar-refractivity contribution in [1.82, 2.24) is 4.90 Å². The van der Waals surface area contributed by atoms with E-state index < -0.39 is 35.3 Å². The van der Waals surface area contributed by atoms with Crippen LogP contribution < -0.4 is 11.5 Å². The van der Waals surface area contributed by atoms with E-state index in [0.717, 1.165) is 10.5 Å². The lowest BCUT2D eigenvalue weighted by Gasteiger charge is -2.36. The zero-order valence-corrected chi connectivity index (χ0v) is 13.6. The fourth-order valence-corrected chi connectivity index (χ4v) is 3.21. The predicted octanol–water partition coefficient (Wildman–Crippen LogP) is -0.0815. The van der Waals surface area contributed by atoms with Gasteiger partial charge >= 0.3 is 5.97 Å². The van der Waals surface area contributed by atoms with Crippen molar-refractivity contribution < 1.29 is 19.5 Å². The Hall–Kier alpha value is -2.25. The van der Waals surface area contributed by atoms with Gasteiger partial charge in [-0.25, -0.2) is 4.79 Å². The van der Waals surface area contributed by atoms with Crippen molar-refractivity contribution in [2.45, 2.75) is 43.8 Å². The van der Waals surface area contributed by atoms with Gasteiger partial charge in [-0.15, -0.1) is 0 Å². The van der Waals surface area contributed by atoms with E-state index in [1.807, 2.05) is 30.3 Å². The molecule has 1 amide bonds. The Labute approximate surface area is 140 Å². The number of carboxylic acids is 1. The third-order valence-electron chi connectivity index (χ3n) is 4.43. The molecule has 1 heterocycles. The number of carbonyl (C=O) groups is 3. The molecule has 130 valence electrons. The Bertz CT molecular complexity index is 632. The number of benzene rings is 1. The number of amides is 1. The number of rotatable bonds is 6. The summed E-state index contributed by atoms with van der Waals surface area (Å²) in [5.41, 5.74) is 10.5. The predicted molar refractivity (Wildman–Crippen MR) is 88.1 cm³/mol. The molecule has 0 radical (unpaired) electrons. The molecule has 1 aliphatic heterocycles. The largest absolute Gasteiger partial charge is 0.479 e. The van der Waals surface area contributed by atoms with Crippen LogP contribution in [0.3, 0.4) is 0 Å². The highest BCUT2D eigenvalue weighted by molar-refractivity contribution is 6.13. The standard InChI is InChI=1S/C17H23N3O4/c1-11(18)15(22)20-9-5-8-17(20,16(23)24)14(21)13(19)10-12-6-3-2-4-7-12/h2-4,6-7,11,13H,5,8-10,18-19H2,1H3,(H,23,24). The molecule has 1 aromatic carbocycles. The molecular weight excluding hydrogens is 310 g/mol. The molecule has 1 aliphatic rings. The SMILES string of the molecule is CC(N)C(=O)N1CCCC1(C(=O)O)C(=O)C(N)Cc1ccccc1. The quantitative estimate of drug-likeness (QED) is 0.625. The summed E-state index contributed by atoms with van der Waals surface area (Å²) >= 11 is 0. The number of carbonyl (C=O) groups excluding carboxylic acids is 2. The number of nitrogens with zero attached hydrogens (tertiary/aromatic N) is 1. The number of aliphatic carboxylic acids is 1. The lowest BCUT2D eigenvalue weighted by Crippen LogP contribution is -2.64. The zero-order valence-electron chi connectivity index (χ0n) is 13.6. The summed E-state index contributed by atoms with van der Waals surface area (Å²) in [7, 11) is 0. The number of hydrogen-bond donors (Lipinski definition) is 3. The number of Topliss-reactive ketones (excluding diaryl/α,β-unsaturated/α-hetero) is 1. The van der Waals surface area contributed by atoms with Crippen LogP contribution in [-0.2, 0) is 20.8 Å². The molecule has 24 heavy (non-hydrogen) atoms. The minimum atomic E-state index is -1.92. The average molecular weight is 333 g/mol. The minimum absolute atomic E-state index is 0.0577. The molecule has 1 aromatic rings. The maximum atomic E-state index is 12.9. The van der Waals surface area contributed by atoms with E-state index in [9.17, 15) is 19.5 Å². The first-order chi connectivity index (χ1) is 11.3. The van der Waals surface area contributed by atoms with Crippen LogP contribution in [0.2, 0.25) is 0 Å². The number of hydrogen-bond acceptors (Lipinski definition) is 5. The van der Waals surface area contributed by atoms with Gasteiger partial charge in [0.15, 0.2) is 5.78 Å². The Balaban J connectivity index is 2.30. The lowest BCUT2D eigenvalue weighted by atomic mass is 9.84. The van der Waals surface area contributed by atoms with Gasteiger partial charge in [-0.1, -0.05) is 30.3 Å². The van der Waals surface area contributed by atoms with Crippen LogP contribution in [0, 0.1) is 0 Å². The van der Waals surface area contributed by atoms with Gasteiger partial charge in [0.2, 0.25) is 11.4 Å². The second kappa shape index (κ2) is 7.11. The molecule has 7 heteroatoms. The summed E-state index contributed by atoms with van der Waals surface area (Å²) in [5, 5.41) is 9.74. The summed E-state index contributed by atoms with van der Waals surface area (Å²) in [6.07, 6.45) is 0.700. The molecule has 1 fully saturated rings. The number of likely N-dealkylation sites (tertiary alicyclic amines) is 1. The topological polar surface area (TPSA) is 127 Å². The molecule has 0 spiro atoms. The first-order valence-corrected chi connectivity index (χ1v) is 7.95. The molecular formula is C17H23N3O4. The van der Waals surface area contributed by atoms with E-state index >= 15 is 0 Å². The fraction of sp³-hybridized carbons (Fsp3) is 0.471. The number of carboxylic acid groups (broad SMARTS) is 1. The summed E-state index contributed by atoms with van der Waals surface area (Å²) in [6.45, 7) is 1.66. The Morgan fingerprint density at radius 2 is 1.88 bits per heavy atom. The zero-order chi connectivity index (χ0) is 17.9. The van der Waals surface area contributed by atoms with Crippen LogP contribution in [0.15, 0.2) is 30.3 Å². The molecule has 2 rings (SSSR count). The van der Waals surface area contributed by atoms with Crippen molar-refractivity contribution in [1.29, 1.82) is 0 Å². The van der Waals surface area contributed by atoms with Gasteiger partial charge in [0.1, 0.15) is 0 Å². The van der Waals surface area contributed by atoms with Crippen molar-refractivity contribution in [3.05, 3.63) is 35.9 Å². The van der Waals surface area contributed by atoms with Crippen LogP contribution in [0.25, 0.3) is 0 Å². The highest BCUT2D eigenvalue weighted by atomic mass is 16.4. The first-order valence-electron chi connectivity index (χ1n) is 7.95. The molecule has 0 aromatic heterocycles. The van der Waals surface area contributed by atoms with E-state index in [1.54, 1.807) is 0 Å². The van der Waals surface area contributed by atoms with Crippen molar-refractivity contribution >= 4 is 17.7 Å². The maximum Gasteiger partial charge on any atom is 0.337 e. The molecule has 5 N–H and O–H groups in total. The van der Waals surface area contributed by atoms with Crippen molar-refractivity contribution in [2.75, 3.05) is 6.54 Å². The minimum Gasteiger partial charge on any atom is -0.479 e. The van der Waals surface area contributed by atoms with Crippen molar-refractivity contribution in [3.8, 4) is 0 Å². The van der Waals surface area contributed by atoms with Crippen LogP contribution >= 0.6 is 0 Å². The highest BCUT2D eigenvalue weighted by Crippen LogP contribution is 2.32. The molecule has 1 saturated heterocycles. The van der Waals surface area contributed by atoms with Gasteiger partial charge in [0.25, 0.3) is 0 Å². The second-order valence-corrected chi connectivity index (χ2v) is 6.21. The van der Waals surface area contributed by atoms with Gasteiger partial charge in [-0.3, -0.25) is 9.59 Å². The highest BCUT2D eigenvalue weighted by Gasteiger charge is 2.57. The van der Waals surface area contributed by atoms with Crippen molar-refractivity contribution in [2.24, 2.45) is 11.5 Å². The van der Waals surface area contributed by atoms with Crippen LogP contribution in [0.4, 0.5) is 0 Å². The van der Waals surface area contributed by atoms with Crippen LogP contribution in [-0.4, -0.2) is 51.8 Å². The smallest absolute Gasteiger partial charge is 0.337 e. The van der Waals surface area contributed by atoms with Gasteiger partial charge in [-0.2, -0.15) is 0 Å². The third kappa shape index (κ3) is 3.18. The van der Waals surface area contributed by atoms with Gasteiger partial charge in [0.05, 0.1) is 12.1 Å². The van der Waals surface area contributed by atoms with Crippen LogP contribution in [0.5, 0.6) is 0 Å². The molecule has 7 nitrogen and oxygen atoms in total. The fourth-order valence-electron chi connectivity index (χ4n) is 3.21. The lowest BCUT2D eigenvalue weighted by molar-refractivity contribution is -0.162. The maximum absolute atomic E-state index is 12.9. The normalized spacial score (nSPS) is 22.9. The van der Waals surface area contributed by atoms with Crippen LogP contribution in [0.1, 0.15) is 25.3 Å². The van der Waals surface area contributed by atoms with E-state index in [1.165, 1.54) is 6.92 Å². The molecule has 3 unspecified atom stereocenters. The van der Waals surface area contributed by atoms with Gasteiger partial charge in [0, 0.05) is 6.54 Å².